The summed E-state index contributed by atoms with van der Waals surface area (Å²) >= 11 is 11.4. The third-order valence-electron chi connectivity index (χ3n) is 1.46. The zero-order chi connectivity index (χ0) is 10.4. The van der Waals surface area contributed by atoms with E-state index in [1.54, 1.807) is 12.1 Å². The number of pyridine rings is 1. The van der Waals surface area contributed by atoms with Gasteiger partial charge in [-0.15, -0.1) is 0 Å². The highest BCUT2D eigenvalue weighted by molar-refractivity contribution is 6.32. The third kappa shape index (κ3) is 4.24. The minimum absolute atomic E-state index is 0.272. The van der Waals surface area contributed by atoms with Crippen molar-refractivity contribution >= 4 is 23.2 Å². The summed E-state index contributed by atoms with van der Waals surface area (Å²) < 4.78 is 10.2. The first kappa shape index (κ1) is 11.7. The Bertz CT molecular complexity index is 274. The fraction of sp³-hybridized carbons (Fsp3) is 0.444. The van der Waals surface area contributed by atoms with Gasteiger partial charge in [-0.1, -0.05) is 23.2 Å². The predicted molar refractivity (Wildman–Crippen MR) is 55.5 cm³/mol. The minimum Gasteiger partial charge on any atom is -0.356 e. The van der Waals surface area contributed by atoms with Crippen molar-refractivity contribution in [1.82, 2.24) is 4.98 Å². The van der Waals surface area contributed by atoms with Gasteiger partial charge in [0.15, 0.2) is 0 Å². The van der Waals surface area contributed by atoms with Crippen LogP contribution >= 0.6 is 23.2 Å². The smallest absolute Gasteiger partial charge is 0.147 e. The maximum Gasteiger partial charge on any atom is 0.147 e. The first-order chi connectivity index (χ1) is 6.72. The molecule has 0 aromatic carbocycles. The molecule has 0 bridgehead atoms. The molecule has 0 atom stereocenters. The van der Waals surface area contributed by atoms with Crippen molar-refractivity contribution < 1.29 is 9.47 Å². The number of aromatic nitrogens is 1. The Kier molecular flexibility index (Phi) is 5.19. The average Bonchev–Trinajstić information content (AvgIpc) is 2.11. The molecule has 0 unspecified atom stereocenters. The number of halogens is 2. The van der Waals surface area contributed by atoms with E-state index in [2.05, 4.69) is 4.98 Å². The summed E-state index contributed by atoms with van der Waals surface area (Å²) in [4.78, 5) is 3.82. The van der Waals surface area contributed by atoms with E-state index in [1.807, 2.05) is 6.92 Å². The van der Waals surface area contributed by atoms with Gasteiger partial charge < -0.3 is 9.47 Å². The molecule has 78 valence electrons. The van der Waals surface area contributed by atoms with Gasteiger partial charge >= 0.3 is 0 Å². The Balaban J connectivity index is 2.42. The molecule has 3 nitrogen and oxygen atoms in total. The highest BCUT2D eigenvalue weighted by Crippen LogP contribution is 2.15. The normalized spacial score (nSPS) is 10.5. The lowest BCUT2D eigenvalue weighted by atomic mass is 10.3. The van der Waals surface area contributed by atoms with E-state index >= 15 is 0 Å². The summed E-state index contributed by atoms with van der Waals surface area (Å²) in [6.45, 7) is 3.23. The van der Waals surface area contributed by atoms with E-state index in [-0.39, 0.29) is 6.79 Å². The van der Waals surface area contributed by atoms with E-state index in [4.69, 9.17) is 32.7 Å². The van der Waals surface area contributed by atoms with Crippen LogP contribution in [0.15, 0.2) is 12.1 Å². The van der Waals surface area contributed by atoms with E-state index in [0.29, 0.717) is 23.5 Å². The molecule has 0 aliphatic heterocycles. The van der Waals surface area contributed by atoms with Gasteiger partial charge in [-0.3, -0.25) is 0 Å². The van der Waals surface area contributed by atoms with Gasteiger partial charge in [0, 0.05) is 6.61 Å². The number of ether oxygens (including phenoxy) is 2. The molecular weight excluding hydrogens is 225 g/mol. The molecule has 1 aromatic heterocycles. The van der Waals surface area contributed by atoms with Crippen molar-refractivity contribution in [3.63, 3.8) is 0 Å². The predicted octanol–water partition coefficient (Wildman–Crippen LogP) is 2.90. The minimum atomic E-state index is 0.272. The molecule has 14 heavy (non-hydrogen) atoms. The van der Waals surface area contributed by atoms with Crippen LogP contribution in [0.2, 0.25) is 10.3 Å². The molecule has 1 aromatic rings. The van der Waals surface area contributed by atoms with Crippen molar-refractivity contribution in [2.75, 3.05) is 13.4 Å². The molecule has 0 saturated carbocycles. The standard InChI is InChI=1S/C9H11Cl2NO2/c1-2-13-6-14-5-7-3-8(10)12-9(11)4-7/h3-4H,2,5-6H2,1H3. The van der Waals surface area contributed by atoms with Crippen LogP contribution in [0.1, 0.15) is 12.5 Å². The number of rotatable bonds is 5. The lowest BCUT2D eigenvalue weighted by Gasteiger charge is -2.04. The molecule has 0 amide bonds. The zero-order valence-electron chi connectivity index (χ0n) is 7.80. The van der Waals surface area contributed by atoms with Crippen LogP contribution < -0.4 is 0 Å². The van der Waals surface area contributed by atoms with Crippen LogP contribution in [0.3, 0.4) is 0 Å². The first-order valence-electron chi connectivity index (χ1n) is 4.20. The molecule has 1 rings (SSSR count). The quantitative estimate of drug-likeness (QED) is 0.447. The number of hydrogen-bond donors (Lipinski definition) is 0. The van der Waals surface area contributed by atoms with E-state index < -0.39 is 0 Å². The average molecular weight is 236 g/mol. The summed E-state index contributed by atoms with van der Waals surface area (Å²) in [5.74, 6) is 0. The summed E-state index contributed by atoms with van der Waals surface area (Å²) in [5.41, 5.74) is 0.884. The molecule has 0 aliphatic rings. The summed E-state index contributed by atoms with van der Waals surface area (Å²) in [6.07, 6.45) is 0. The SMILES string of the molecule is CCOCOCc1cc(Cl)nc(Cl)c1. The molecule has 1 heterocycles. The van der Waals surface area contributed by atoms with Gasteiger partial charge in [0.25, 0.3) is 0 Å². The van der Waals surface area contributed by atoms with Gasteiger partial charge in [0.05, 0.1) is 6.61 Å². The Morgan fingerprint density at radius 3 is 2.43 bits per heavy atom. The van der Waals surface area contributed by atoms with Crippen LogP contribution in [0.4, 0.5) is 0 Å². The summed E-state index contributed by atoms with van der Waals surface area (Å²) in [6, 6.07) is 3.42. The highest BCUT2D eigenvalue weighted by atomic mass is 35.5. The second-order valence-electron chi connectivity index (χ2n) is 2.58. The Morgan fingerprint density at radius 2 is 1.86 bits per heavy atom. The second-order valence-corrected chi connectivity index (χ2v) is 3.35. The second kappa shape index (κ2) is 6.19. The lowest BCUT2D eigenvalue weighted by molar-refractivity contribution is -0.0571. The molecule has 0 aliphatic carbocycles. The molecule has 0 radical (unpaired) electrons. The Hall–Kier alpha value is -0.350. The van der Waals surface area contributed by atoms with Crippen molar-refractivity contribution in [2.24, 2.45) is 0 Å². The number of hydrogen-bond acceptors (Lipinski definition) is 3. The van der Waals surface area contributed by atoms with Crippen LogP contribution in [0.5, 0.6) is 0 Å². The van der Waals surface area contributed by atoms with Crippen LogP contribution in [-0.4, -0.2) is 18.4 Å². The fourth-order valence-electron chi connectivity index (χ4n) is 0.899. The van der Waals surface area contributed by atoms with E-state index in [1.165, 1.54) is 0 Å². The third-order valence-corrected chi connectivity index (χ3v) is 1.85. The van der Waals surface area contributed by atoms with Gasteiger partial charge in [0.1, 0.15) is 17.1 Å². The topological polar surface area (TPSA) is 31.4 Å². The van der Waals surface area contributed by atoms with Crippen LogP contribution in [0.25, 0.3) is 0 Å². The fourth-order valence-corrected chi connectivity index (χ4v) is 1.40. The number of nitrogens with zero attached hydrogens (tertiary/aromatic N) is 1. The largest absolute Gasteiger partial charge is 0.356 e. The van der Waals surface area contributed by atoms with Crippen LogP contribution in [0, 0.1) is 0 Å². The lowest BCUT2D eigenvalue weighted by Crippen LogP contribution is -2.00. The van der Waals surface area contributed by atoms with E-state index in [0.717, 1.165) is 5.56 Å². The summed E-state index contributed by atoms with van der Waals surface area (Å²) in [5, 5.41) is 0.736. The highest BCUT2D eigenvalue weighted by Gasteiger charge is 1.99. The summed E-state index contributed by atoms with van der Waals surface area (Å²) in [7, 11) is 0. The van der Waals surface area contributed by atoms with E-state index in [9.17, 15) is 0 Å². The molecule has 0 fully saturated rings. The van der Waals surface area contributed by atoms with Gasteiger partial charge in [-0.2, -0.15) is 0 Å². The molecular formula is C9H11Cl2NO2. The van der Waals surface area contributed by atoms with Gasteiger partial charge in [0.2, 0.25) is 0 Å². The maximum absolute atomic E-state index is 5.71. The van der Waals surface area contributed by atoms with Crippen molar-refractivity contribution in [2.45, 2.75) is 13.5 Å². The molecule has 0 spiro atoms. The van der Waals surface area contributed by atoms with Crippen LogP contribution in [-0.2, 0) is 16.1 Å². The van der Waals surface area contributed by atoms with Gasteiger partial charge in [-0.25, -0.2) is 4.98 Å². The Labute approximate surface area is 92.9 Å². The van der Waals surface area contributed by atoms with Crippen molar-refractivity contribution in [3.8, 4) is 0 Å². The Morgan fingerprint density at radius 1 is 1.21 bits per heavy atom. The molecule has 0 N–H and O–H groups in total. The van der Waals surface area contributed by atoms with Crippen molar-refractivity contribution in [1.29, 1.82) is 0 Å². The van der Waals surface area contributed by atoms with Gasteiger partial charge in [-0.05, 0) is 24.6 Å². The maximum atomic E-state index is 5.71. The molecule has 5 heteroatoms. The zero-order valence-corrected chi connectivity index (χ0v) is 9.31. The monoisotopic (exact) mass is 235 g/mol. The first-order valence-corrected chi connectivity index (χ1v) is 4.95. The molecule has 0 saturated heterocycles. The van der Waals surface area contributed by atoms with Crippen molar-refractivity contribution in [3.05, 3.63) is 28.0 Å².